The average molecular weight is 344 g/mol. The number of nitrogens with one attached hydrogen (secondary N) is 2. The highest BCUT2D eigenvalue weighted by molar-refractivity contribution is 6.09. The summed E-state index contributed by atoms with van der Waals surface area (Å²) in [4.78, 5) is 42.4. The van der Waals surface area contributed by atoms with Crippen molar-refractivity contribution < 1.29 is 14.4 Å². The molecule has 1 aliphatic carbocycles. The Hall–Kier alpha value is -2.44. The molecule has 1 aromatic rings. The van der Waals surface area contributed by atoms with Gasteiger partial charge in [0.25, 0.3) is 5.91 Å². The van der Waals surface area contributed by atoms with Crippen LogP contribution < -0.4 is 10.6 Å². The maximum absolute atomic E-state index is 12.8. The van der Waals surface area contributed by atoms with Crippen molar-refractivity contribution in [2.75, 3.05) is 13.1 Å². The largest absolute Gasteiger partial charge is 0.354 e. The Labute approximate surface area is 147 Å². The van der Waals surface area contributed by atoms with Gasteiger partial charge in [-0.15, -0.1) is 0 Å². The van der Waals surface area contributed by atoms with Crippen LogP contribution in [0.1, 0.15) is 38.3 Å². The molecule has 4 amide bonds. The van der Waals surface area contributed by atoms with Gasteiger partial charge in [-0.3, -0.25) is 19.5 Å². The molecule has 2 heterocycles. The highest BCUT2D eigenvalue weighted by Crippen LogP contribution is 2.38. The number of rotatable bonds is 5. The first kappa shape index (κ1) is 17.4. The number of hydrogen-bond donors (Lipinski definition) is 2. The quantitative estimate of drug-likeness (QED) is 0.786. The first-order chi connectivity index (χ1) is 12.0. The number of amides is 4. The van der Waals surface area contributed by atoms with Crippen LogP contribution in [0, 0.1) is 5.92 Å². The van der Waals surface area contributed by atoms with Crippen LogP contribution in [0.4, 0.5) is 4.79 Å². The van der Waals surface area contributed by atoms with Gasteiger partial charge in [0.1, 0.15) is 12.1 Å². The molecule has 0 aromatic carbocycles. The van der Waals surface area contributed by atoms with E-state index in [0.29, 0.717) is 19.4 Å². The Kier molecular flexibility index (Phi) is 5.01. The molecule has 2 aliphatic rings. The summed E-state index contributed by atoms with van der Waals surface area (Å²) in [5.74, 6) is -0.501. The number of pyridine rings is 1. The topological polar surface area (TPSA) is 91.4 Å². The number of carbonyl (C=O) groups is 3. The summed E-state index contributed by atoms with van der Waals surface area (Å²) in [5.41, 5.74) is 0.0663. The normalized spacial score (nSPS) is 26.0. The molecule has 1 saturated heterocycles. The number of hydrogen-bond acceptors (Lipinski definition) is 4. The van der Waals surface area contributed by atoms with Crippen LogP contribution in [0.25, 0.3) is 0 Å². The molecular weight excluding hydrogens is 320 g/mol. The molecule has 134 valence electrons. The lowest BCUT2D eigenvalue weighted by Crippen LogP contribution is -2.54. The van der Waals surface area contributed by atoms with E-state index in [1.54, 1.807) is 6.20 Å². The van der Waals surface area contributed by atoms with Crippen LogP contribution >= 0.6 is 0 Å². The summed E-state index contributed by atoms with van der Waals surface area (Å²) >= 11 is 0. The van der Waals surface area contributed by atoms with Gasteiger partial charge in [0.05, 0.1) is 0 Å². The number of imide groups is 1. The molecule has 25 heavy (non-hydrogen) atoms. The van der Waals surface area contributed by atoms with Crippen molar-refractivity contribution in [2.45, 2.75) is 44.6 Å². The molecule has 3 rings (SSSR count). The molecule has 1 aliphatic heterocycles. The van der Waals surface area contributed by atoms with Gasteiger partial charge < -0.3 is 10.6 Å². The summed E-state index contributed by atoms with van der Waals surface area (Å²) in [7, 11) is 0. The van der Waals surface area contributed by atoms with Gasteiger partial charge >= 0.3 is 6.03 Å². The van der Waals surface area contributed by atoms with Gasteiger partial charge in [-0.25, -0.2) is 4.79 Å². The van der Waals surface area contributed by atoms with Crippen LogP contribution in [-0.4, -0.2) is 46.4 Å². The minimum atomic E-state index is -0.816. The molecule has 1 aromatic heterocycles. The lowest BCUT2D eigenvalue weighted by molar-refractivity contribution is -0.137. The summed E-state index contributed by atoms with van der Waals surface area (Å²) in [6.07, 6.45) is 5.86. The predicted octanol–water partition coefficient (Wildman–Crippen LogP) is 1.24. The second-order valence-corrected chi connectivity index (χ2v) is 6.86. The zero-order valence-electron chi connectivity index (χ0n) is 14.5. The second kappa shape index (κ2) is 7.21. The minimum Gasteiger partial charge on any atom is -0.354 e. The predicted molar refractivity (Wildman–Crippen MR) is 91.6 cm³/mol. The van der Waals surface area contributed by atoms with Crippen molar-refractivity contribution in [1.82, 2.24) is 20.5 Å². The third-order valence-corrected chi connectivity index (χ3v) is 5.23. The second-order valence-electron chi connectivity index (χ2n) is 6.86. The molecule has 2 atom stereocenters. The van der Waals surface area contributed by atoms with Crippen molar-refractivity contribution in [3.63, 3.8) is 0 Å². The van der Waals surface area contributed by atoms with Crippen LogP contribution in [0.3, 0.4) is 0 Å². The van der Waals surface area contributed by atoms with Gasteiger partial charge in [-0.05, 0) is 30.9 Å². The van der Waals surface area contributed by atoms with Crippen LogP contribution in [0.5, 0.6) is 0 Å². The number of urea groups is 1. The van der Waals surface area contributed by atoms with E-state index in [-0.39, 0.29) is 24.3 Å². The van der Waals surface area contributed by atoms with E-state index < -0.39 is 11.6 Å². The zero-order valence-corrected chi connectivity index (χ0v) is 14.5. The van der Waals surface area contributed by atoms with Gasteiger partial charge in [-0.2, -0.15) is 0 Å². The van der Waals surface area contributed by atoms with E-state index in [0.717, 1.165) is 29.9 Å². The Bertz CT molecular complexity index is 664. The molecule has 1 saturated carbocycles. The average Bonchev–Trinajstić information content (AvgIpc) is 2.84. The van der Waals surface area contributed by atoms with Gasteiger partial charge in [0.15, 0.2) is 0 Å². The Morgan fingerprint density at radius 3 is 2.96 bits per heavy atom. The molecule has 2 N–H and O–H groups in total. The molecule has 7 nitrogen and oxygen atoms in total. The third-order valence-electron chi connectivity index (χ3n) is 5.23. The van der Waals surface area contributed by atoms with Crippen molar-refractivity contribution in [3.8, 4) is 0 Å². The fraction of sp³-hybridized carbons (Fsp3) is 0.556. The minimum absolute atomic E-state index is 0.0925. The number of carbonyl (C=O) groups excluding carboxylic acids is 3. The van der Waals surface area contributed by atoms with Gasteiger partial charge in [0.2, 0.25) is 5.91 Å². The molecule has 7 heteroatoms. The lowest BCUT2D eigenvalue weighted by Gasteiger charge is -2.36. The lowest BCUT2D eigenvalue weighted by atomic mass is 9.73. The highest BCUT2D eigenvalue weighted by Gasteiger charge is 2.55. The molecule has 0 unspecified atom stereocenters. The van der Waals surface area contributed by atoms with E-state index in [2.05, 4.69) is 15.6 Å². The first-order valence-electron chi connectivity index (χ1n) is 8.83. The SMILES string of the molecule is C[C@H]1CCCC[C@]12NC(=O)N(CC(=O)NCCc1ccccn1)C2=O. The highest BCUT2D eigenvalue weighted by atomic mass is 16.2. The van der Waals surface area contributed by atoms with Crippen LogP contribution in [0.15, 0.2) is 24.4 Å². The fourth-order valence-corrected chi connectivity index (χ4v) is 3.71. The van der Waals surface area contributed by atoms with Crippen molar-refractivity contribution in [2.24, 2.45) is 5.92 Å². The third kappa shape index (κ3) is 3.50. The zero-order chi connectivity index (χ0) is 17.9. The Balaban J connectivity index is 1.54. The summed E-state index contributed by atoms with van der Waals surface area (Å²) < 4.78 is 0. The molecule has 2 fully saturated rings. The molecule has 0 bridgehead atoms. The van der Waals surface area contributed by atoms with E-state index in [1.807, 2.05) is 25.1 Å². The molecule has 1 spiro atoms. The number of aromatic nitrogens is 1. The van der Waals surface area contributed by atoms with Crippen LogP contribution in [0.2, 0.25) is 0 Å². The Morgan fingerprint density at radius 2 is 2.24 bits per heavy atom. The van der Waals surface area contributed by atoms with E-state index >= 15 is 0 Å². The summed E-state index contributed by atoms with van der Waals surface area (Å²) in [6.45, 7) is 2.18. The molecule has 0 radical (unpaired) electrons. The standard InChI is InChI=1S/C18H24N4O3/c1-13-6-2-4-9-18(13)16(24)22(17(25)21-18)12-15(23)20-11-8-14-7-3-5-10-19-14/h3,5,7,10,13H,2,4,6,8-9,11-12H2,1H3,(H,20,23)(H,21,25)/t13-,18-/m0/s1. The number of nitrogens with zero attached hydrogens (tertiary/aromatic N) is 2. The van der Waals surface area contributed by atoms with E-state index in [4.69, 9.17) is 0 Å². The van der Waals surface area contributed by atoms with Gasteiger partial charge in [0, 0.05) is 24.9 Å². The van der Waals surface area contributed by atoms with E-state index in [9.17, 15) is 14.4 Å². The first-order valence-corrected chi connectivity index (χ1v) is 8.83. The van der Waals surface area contributed by atoms with Crippen molar-refractivity contribution in [3.05, 3.63) is 30.1 Å². The van der Waals surface area contributed by atoms with Crippen molar-refractivity contribution >= 4 is 17.8 Å². The molecular formula is C18H24N4O3. The Morgan fingerprint density at radius 1 is 1.40 bits per heavy atom. The maximum atomic E-state index is 12.8. The van der Waals surface area contributed by atoms with Gasteiger partial charge in [-0.1, -0.05) is 25.8 Å². The van der Waals surface area contributed by atoms with E-state index in [1.165, 1.54) is 0 Å². The summed E-state index contributed by atoms with van der Waals surface area (Å²) in [5, 5.41) is 5.60. The maximum Gasteiger partial charge on any atom is 0.325 e. The monoisotopic (exact) mass is 344 g/mol. The van der Waals surface area contributed by atoms with Crippen LogP contribution in [-0.2, 0) is 16.0 Å². The smallest absolute Gasteiger partial charge is 0.325 e. The fourth-order valence-electron chi connectivity index (χ4n) is 3.71. The van der Waals surface area contributed by atoms with Crippen molar-refractivity contribution in [1.29, 1.82) is 0 Å². The summed E-state index contributed by atoms with van der Waals surface area (Å²) in [6, 6.07) is 5.15.